The summed E-state index contributed by atoms with van der Waals surface area (Å²) >= 11 is 0. The maximum Gasteiger partial charge on any atom is 0.407 e. The molecule has 0 fully saturated rings. The monoisotopic (exact) mass is 559 g/mol. The van der Waals surface area contributed by atoms with Gasteiger partial charge in [0.2, 0.25) is 0 Å². The summed E-state index contributed by atoms with van der Waals surface area (Å²) in [5, 5.41) is 3.10. The Bertz CT molecular complexity index is 989. The maximum atomic E-state index is 13.5. The van der Waals surface area contributed by atoms with E-state index in [0.717, 1.165) is 35.3 Å². The van der Waals surface area contributed by atoms with Crippen LogP contribution in [0.25, 0.3) is 0 Å². The zero-order valence-corrected chi connectivity index (χ0v) is 26.4. The van der Waals surface area contributed by atoms with E-state index in [-0.39, 0.29) is 23.8 Å². The van der Waals surface area contributed by atoms with E-state index in [4.69, 9.17) is 9.16 Å². The van der Waals surface area contributed by atoms with Crippen molar-refractivity contribution >= 4 is 25.2 Å². The summed E-state index contributed by atoms with van der Waals surface area (Å²) < 4.78 is 26.0. The number of benzene rings is 2. The quantitative estimate of drug-likeness (QED) is 0.177. The number of aryl methyl sites for hydroxylation is 1. The van der Waals surface area contributed by atoms with E-state index in [1.807, 2.05) is 61.5 Å². The van der Waals surface area contributed by atoms with E-state index in [2.05, 4.69) is 46.1 Å². The Morgan fingerprint density at radius 3 is 2.21 bits per heavy atom. The highest BCUT2D eigenvalue weighted by Gasteiger charge is 2.41. The lowest BCUT2D eigenvalue weighted by molar-refractivity contribution is 0.111. The van der Waals surface area contributed by atoms with Crippen LogP contribution in [0.4, 0.5) is 4.79 Å². The predicted molar refractivity (Wildman–Crippen MR) is 161 cm³/mol. The zero-order valence-electron chi connectivity index (χ0n) is 24.5. The van der Waals surface area contributed by atoms with Gasteiger partial charge in [-0.3, -0.25) is 4.21 Å². The summed E-state index contributed by atoms with van der Waals surface area (Å²) in [6.45, 7) is 15.5. The molecule has 1 N–H and O–H groups in total. The summed E-state index contributed by atoms with van der Waals surface area (Å²) in [7, 11) is -3.47. The highest BCUT2D eigenvalue weighted by Crippen LogP contribution is 2.38. The Hall–Kier alpha value is -1.96. The summed E-state index contributed by atoms with van der Waals surface area (Å²) in [6.07, 6.45) is 5.54. The van der Waals surface area contributed by atoms with Gasteiger partial charge >= 0.3 is 6.09 Å². The van der Waals surface area contributed by atoms with Gasteiger partial charge in [-0.25, -0.2) is 4.79 Å². The van der Waals surface area contributed by atoms with Crippen LogP contribution in [0.1, 0.15) is 77.3 Å². The van der Waals surface area contributed by atoms with Crippen molar-refractivity contribution < 1.29 is 18.2 Å². The second-order valence-electron chi connectivity index (χ2n) is 11.8. The van der Waals surface area contributed by atoms with Gasteiger partial charge in [-0.05, 0) is 49.2 Å². The average Bonchev–Trinajstić information content (AvgIpc) is 2.86. The largest absolute Gasteiger partial charge is 0.445 e. The van der Waals surface area contributed by atoms with E-state index in [1.165, 1.54) is 19.3 Å². The van der Waals surface area contributed by atoms with Gasteiger partial charge in [-0.15, -0.1) is 0 Å². The van der Waals surface area contributed by atoms with Crippen molar-refractivity contribution in [1.82, 2.24) is 5.32 Å². The number of nitrogens with one attached hydrogen (secondary N) is 1. The van der Waals surface area contributed by atoms with Gasteiger partial charge in [0.1, 0.15) is 6.61 Å². The molecule has 0 bridgehead atoms. The third-order valence-corrected chi connectivity index (χ3v) is 13.4. The lowest BCUT2D eigenvalue weighted by atomic mass is 10.0. The third-order valence-electron chi connectivity index (χ3n) is 7.44. The van der Waals surface area contributed by atoms with Crippen LogP contribution in [-0.2, 0) is 26.6 Å². The molecule has 1 amide bonds. The molecule has 38 heavy (non-hydrogen) atoms. The number of ether oxygens (including phenoxy) is 1. The van der Waals surface area contributed by atoms with Crippen LogP contribution in [0.15, 0.2) is 59.5 Å². The molecule has 0 aliphatic rings. The molecule has 5 nitrogen and oxygen atoms in total. The molecule has 0 saturated carbocycles. The van der Waals surface area contributed by atoms with Gasteiger partial charge in [0.25, 0.3) is 0 Å². The van der Waals surface area contributed by atoms with Gasteiger partial charge in [-0.2, -0.15) is 0 Å². The van der Waals surface area contributed by atoms with Crippen LogP contribution in [0.5, 0.6) is 0 Å². The fourth-order valence-corrected chi connectivity index (χ4v) is 6.67. The first-order valence-corrected chi connectivity index (χ1v) is 18.3. The third kappa shape index (κ3) is 11.0. The lowest BCUT2D eigenvalue weighted by Gasteiger charge is -2.41. The van der Waals surface area contributed by atoms with E-state index < -0.39 is 25.2 Å². The maximum absolute atomic E-state index is 13.5. The molecule has 0 aliphatic carbocycles. The fraction of sp³-hybridized carbons (Fsp3) is 0.581. The molecule has 1 unspecified atom stereocenters. The number of hydrogen-bond donors (Lipinski definition) is 1. The Kier molecular flexibility index (Phi) is 13.2. The van der Waals surface area contributed by atoms with Crippen molar-refractivity contribution in [3.8, 4) is 0 Å². The van der Waals surface area contributed by atoms with Crippen LogP contribution >= 0.6 is 0 Å². The topological polar surface area (TPSA) is 64.6 Å². The number of amides is 1. The Morgan fingerprint density at radius 1 is 0.974 bits per heavy atom. The molecule has 2 aromatic carbocycles. The minimum Gasteiger partial charge on any atom is -0.445 e. The molecule has 2 rings (SSSR count). The molecule has 0 spiro atoms. The molecule has 0 aromatic heterocycles. The van der Waals surface area contributed by atoms with Crippen molar-refractivity contribution in [1.29, 1.82) is 0 Å². The van der Waals surface area contributed by atoms with Gasteiger partial charge in [0.05, 0.1) is 28.7 Å². The molecular formula is C31H49NO4SSi. The minimum atomic E-state index is -2.22. The number of hydrogen-bond acceptors (Lipinski definition) is 4. The second kappa shape index (κ2) is 15.6. The van der Waals surface area contributed by atoms with E-state index in [9.17, 15) is 9.00 Å². The van der Waals surface area contributed by atoms with Crippen LogP contribution in [-0.4, -0.2) is 36.5 Å². The predicted octanol–water partition coefficient (Wildman–Crippen LogP) is 8.15. The Morgan fingerprint density at radius 2 is 1.61 bits per heavy atom. The first-order chi connectivity index (χ1) is 17.9. The lowest BCUT2D eigenvalue weighted by Crippen LogP contribution is -2.53. The molecule has 7 heteroatoms. The summed E-state index contributed by atoms with van der Waals surface area (Å²) in [4.78, 5) is 13.8. The normalized spacial score (nSPS) is 14.5. The molecule has 3 atom stereocenters. The molecular weight excluding hydrogens is 510 g/mol. The standard InChI is InChI=1S/C31H49NO4SSi/c1-8-9-10-11-15-18-28(32-30(33)35-23-26-16-13-12-14-17-26)29(36-38(6,7)31(3,4)5)24-37(34)27-21-19-25(2)20-22-27/h12-14,16-17,19-22,28-29H,8-11,15,18,23-24H2,1-7H3,(H,32,33)/t28-,29-,37?/m1/s1. The van der Waals surface area contributed by atoms with E-state index >= 15 is 0 Å². The van der Waals surface area contributed by atoms with Crippen molar-refractivity contribution in [2.24, 2.45) is 0 Å². The van der Waals surface area contributed by atoms with Crippen LogP contribution in [0.3, 0.4) is 0 Å². The number of rotatable bonds is 15. The van der Waals surface area contributed by atoms with Crippen molar-refractivity contribution in [3.05, 3.63) is 65.7 Å². The number of carbonyl (C=O) groups is 1. The molecule has 0 saturated heterocycles. The summed E-state index contributed by atoms with van der Waals surface area (Å²) in [6, 6.07) is 17.2. The van der Waals surface area contributed by atoms with E-state index in [1.54, 1.807) is 0 Å². The number of unbranched alkanes of at least 4 members (excludes halogenated alkanes) is 4. The molecule has 0 aliphatic heterocycles. The van der Waals surface area contributed by atoms with Gasteiger partial charge < -0.3 is 14.5 Å². The van der Waals surface area contributed by atoms with Crippen LogP contribution in [0.2, 0.25) is 18.1 Å². The Balaban J connectivity index is 2.25. The minimum absolute atomic E-state index is 0.0178. The van der Waals surface area contributed by atoms with Gasteiger partial charge in [0, 0.05) is 4.90 Å². The zero-order chi connectivity index (χ0) is 28.2. The molecule has 0 radical (unpaired) electrons. The molecule has 212 valence electrons. The van der Waals surface area contributed by atoms with Crippen molar-refractivity contribution in [2.45, 2.75) is 115 Å². The van der Waals surface area contributed by atoms with Gasteiger partial charge in [-0.1, -0.05) is 108 Å². The summed E-state index contributed by atoms with van der Waals surface area (Å²) in [5.74, 6) is 0.328. The first-order valence-electron chi connectivity index (χ1n) is 14.0. The number of alkyl carbamates (subject to hydrolysis) is 1. The Labute approximate surface area is 234 Å². The first kappa shape index (κ1) is 32.2. The average molecular weight is 560 g/mol. The highest BCUT2D eigenvalue weighted by molar-refractivity contribution is 7.85. The number of carbonyl (C=O) groups excluding carboxylic acids is 1. The smallest absolute Gasteiger partial charge is 0.407 e. The summed E-state index contributed by atoms with van der Waals surface area (Å²) in [5.41, 5.74) is 2.07. The highest BCUT2D eigenvalue weighted by atomic mass is 32.2. The SMILES string of the molecule is CCCCCCC[C@@H](NC(=O)OCc1ccccc1)[C@@H](CS(=O)c1ccc(C)cc1)O[Si](C)(C)C(C)(C)C. The van der Waals surface area contributed by atoms with Crippen LogP contribution in [0, 0.1) is 6.92 Å². The molecule has 2 aromatic rings. The van der Waals surface area contributed by atoms with Gasteiger partial charge in [0.15, 0.2) is 8.32 Å². The van der Waals surface area contributed by atoms with Crippen molar-refractivity contribution in [3.63, 3.8) is 0 Å². The van der Waals surface area contributed by atoms with Crippen molar-refractivity contribution in [2.75, 3.05) is 5.75 Å². The second-order valence-corrected chi connectivity index (χ2v) is 18.0. The fourth-order valence-electron chi connectivity index (χ4n) is 3.96. The van der Waals surface area contributed by atoms with E-state index in [0.29, 0.717) is 5.75 Å². The van der Waals surface area contributed by atoms with Crippen LogP contribution < -0.4 is 5.32 Å². The molecule has 0 heterocycles.